The molecular formula is C25H24FN5O. The van der Waals surface area contributed by atoms with Crippen LogP contribution in [0, 0.1) is 0 Å². The molecule has 0 aliphatic carbocycles. The number of carbonyl (C=O) groups is 1. The minimum Gasteiger partial charge on any atom is -0.382 e. The Labute approximate surface area is 186 Å². The monoisotopic (exact) mass is 429 g/mol. The van der Waals surface area contributed by atoms with Crippen LogP contribution in [0.1, 0.15) is 5.56 Å². The summed E-state index contributed by atoms with van der Waals surface area (Å²) < 4.78 is 12.3. The highest BCUT2D eigenvalue weighted by molar-refractivity contribution is 6.00. The number of nitrogens with one attached hydrogen (secondary N) is 4. The Balaban J connectivity index is 1.53. The van der Waals surface area contributed by atoms with Gasteiger partial charge < -0.3 is 21.3 Å². The van der Waals surface area contributed by atoms with Crippen LogP contribution >= 0.6 is 0 Å². The molecule has 6 nitrogen and oxygen atoms in total. The first kappa shape index (κ1) is 21.1. The normalized spacial score (nSPS) is 14.1. The van der Waals surface area contributed by atoms with Gasteiger partial charge in [0.05, 0.1) is 5.69 Å². The highest BCUT2D eigenvalue weighted by atomic mass is 19.1. The average molecular weight is 429 g/mol. The molecule has 1 amide bonds. The van der Waals surface area contributed by atoms with E-state index in [2.05, 4.69) is 32.8 Å². The predicted molar refractivity (Wildman–Crippen MR) is 130 cm³/mol. The number of nitrogens with zero attached hydrogens (tertiary/aromatic N) is 1. The van der Waals surface area contributed by atoms with Crippen LogP contribution in [0.4, 0.5) is 27.1 Å². The quantitative estimate of drug-likeness (QED) is 0.376. The van der Waals surface area contributed by atoms with Crippen LogP contribution in [0.5, 0.6) is 0 Å². The van der Waals surface area contributed by atoms with Crippen LogP contribution in [-0.2, 0) is 4.79 Å². The number of rotatable bonds is 8. The summed E-state index contributed by atoms with van der Waals surface area (Å²) in [7, 11) is 0. The topological polar surface area (TPSA) is 77.5 Å². The molecular weight excluding hydrogens is 405 g/mol. The molecule has 0 fully saturated rings. The lowest BCUT2D eigenvalue weighted by Crippen LogP contribution is -2.30. The molecule has 7 heteroatoms. The highest BCUT2D eigenvalue weighted by Crippen LogP contribution is 2.34. The molecule has 1 aliphatic heterocycles. The Hall–Kier alpha value is -4.13. The van der Waals surface area contributed by atoms with Crippen molar-refractivity contribution >= 4 is 34.9 Å². The van der Waals surface area contributed by atoms with Gasteiger partial charge in [0.2, 0.25) is 5.91 Å². The number of para-hydroxylation sites is 1. The molecule has 4 N–H and O–H groups in total. The molecule has 1 unspecified atom stereocenters. The van der Waals surface area contributed by atoms with E-state index in [4.69, 9.17) is 0 Å². The van der Waals surface area contributed by atoms with Gasteiger partial charge in [0.25, 0.3) is 0 Å². The smallest absolute Gasteiger partial charge is 0.247 e. The zero-order chi connectivity index (χ0) is 22.3. The van der Waals surface area contributed by atoms with Crippen molar-refractivity contribution in [2.75, 3.05) is 34.5 Å². The van der Waals surface area contributed by atoms with E-state index in [-0.39, 0.29) is 12.2 Å². The number of hydrogen-bond donors (Lipinski definition) is 4. The van der Waals surface area contributed by atoms with E-state index in [0.29, 0.717) is 12.2 Å². The van der Waals surface area contributed by atoms with Crippen LogP contribution in [0.3, 0.4) is 0 Å². The third-order valence-electron chi connectivity index (χ3n) is 4.98. The summed E-state index contributed by atoms with van der Waals surface area (Å²) in [5.74, 6) is -0.252. The summed E-state index contributed by atoms with van der Waals surface area (Å²) in [6.07, 6.45) is 2.74. The second-order valence-electron chi connectivity index (χ2n) is 7.21. The molecule has 1 atom stereocenters. The number of alkyl halides is 1. The first-order valence-corrected chi connectivity index (χ1v) is 10.3. The average Bonchev–Trinajstić information content (AvgIpc) is 2.83. The third kappa shape index (κ3) is 4.95. The van der Waals surface area contributed by atoms with Crippen LogP contribution in [-0.4, -0.2) is 31.6 Å². The summed E-state index contributed by atoms with van der Waals surface area (Å²) >= 11 is 0. The van der Waals surface area contributed by atoms with Gasteiger partial charge in [-0.3, -0.25) is 4.79 Å². The van der Waals surface area contributed by atoms with Crippen LogP contribution < -0.4 is 21.3 Å². The summed E-state index contributed by atoms with van der Waals surface area (Å²) in [4.78, 5) is 16.2. The van der Waals surface area contributed by atoms with E-state index in [1.165, 1.54) is 6.08 Å². The largest absolute Gasteiger partial charge is 0.382 e. The molecule has 162 valence electrons. The molecule has 1 aliphatic rings. The van der Waals surface area contributed by atoms with Gasteiger partial charge >= 0.3 is 0 Å². The molecule has 1 heterocycles. The van der Waals surface area contributed by atoms with Crippen molar-refractivity contribution in [1.29, 1.82) is 0 Å². The SMILES string of the molecule is C=CC(=O)Nc1cccc(-c2cccc3c2NC(Nc2ccc(NCCF)cc2)N=C3)c1. The van der Waals surface area contributed by atoms with Gasteiger partial charge in [-0.2, -0.15) is 0 Å². The van der Waals surface area contributed by atoms with E-state index < -0.39 is 6.67 Å². The molecule has 4 rings (SSSR count). The molecule has 0 spiro atoms. The maximum atomic E-state index is 12.3. The fraction of sp³-hybridized carbons (Fsp3) is 0.120. The highest BCUT2D eigenvalue weighted by Gasteiger charge is 2.17. The van der Waals surface area contributed by atoms with Crippen molar-refractivity contribution in [1.82, 2.24) is 0 Å². The lowest BCUT2D eigenvalue weighted by atomic mass is 9.99. The van der Waals surface area contributed by atoms with Gasteiger partial charge in [0, 0.05) is 40.9 Å². The van der Waals surface area contributed by atoms with Crippen molar-refractivity contribution in [3.8, 4) is 11.1 Å². The van der Waals surface area contributed by atoms with Crippen LogP contribution in [0.2, 0.25) is 0 Å². The van der Waals surface area contributed by atoms with Gasteiger partial charge in [-0.1, -0.05) is 36.9 Å². The van der Waals surface area contributed by atoms with Gasteiger partial charge in [-0.05, 0) is 48.0 Å². The number of fused-ring (bicyclic) bond motifs is 1. The van der Waals surface area contributed by atoms with Gasteiger partial charge in [-0.25, -0.2) is 9.38 Å². The number of anilines is 4. The van der Waals surface area contributed by atoms with Crippen LogP contribution in [0.25, 0.3) is 11.1 Å². The number of hydrogen-bond acceptors (Lipinski definition) is 5. The van der Waals surface area contributed by atoms with Crippen molar-refractivity contribution in [2.45, 2.75) is 6.29 Å². The Bertz CT molecular complexity index is 1140. The molecule has 3 aromatic carbocycles. The second-order valence-corrected chi connectivity index (χ2v) is 7.21. The van der Waals surface area contributed by atoms with E-state index >= 15 is 0 Å². The molecule has 0 bridgehead atoms. The number of benzene rings is 3. The lowest BCUT2D eigenvalue weighted by Gasteiger charge is -2.25. The predicted octanol–water partition coefficient (Wildman–Crippen LogP) is 5.10. The van der Waals surface area contributed by atoms with E-state index in [0.717, 1.165) is 33.8 Å². The number of halogens is 1. The number of aliphatic imine (C=N–C) groups is 1. The maximum Gasteiger partial charge on any atom is 0.247 e. The van der Waals surface area contributed by atoms with E-state index in [1.807, 2.05) is 72.9 Å². The van der Waals surface area contributed by atoms with Crippen LogP contribution in [0.15, 0.2) is 84.4 Å². The minimum absolute atomic E-state index is 0.252. The van der Waals surface area contributed by atoms with Gasteiger partial charge in [0.1, 0.15) is 6.67 Å². The first-order valence-electron chi connectivity index (χ1n) is 10.3. The van der Waals surface area contributed by atoms with E-state index in [9.17, 15) is 9.18 Å². The van der Waals surface area contributed by atoms with Crippen molar-refractivity contribution < 1.29 is 9.18 Å². The van der Waals surface area contributed by atoms with Gasteiger partial charge in [-0.15, -0.1) is 0 Å². The third-order valence-corrected chi connectivity index (χ3v) is 4.98. The lowest BCUT2D eigenvalue weighted by molar-refractivity contribution is -0.111. The molecule has 3 aromatic rings. The fourth-order valence-corrected chi connectivity index (χ4v) is 3.47. The minimum atomic E-state index is -0.411. The molecule has 32 heavy (non-hydrogen) atoms. The molecule has 0 saturated carbocycles. The standard InChI is InChI=1S/C25H24FN5O/c1-2-23(32)29-21-7-3-5-17(15-21)22-8-4-6-18-16-28-25(31-24(18)22)30-20-11-9-19(10-12-20)27-14-13-26/h2-12,15-16,25,27,30-31H,1,13-14H2,(H,29,32). The summed E-state index contributed by atoms with van der Waals surface area (Å²) in [5.41, 5.74) is 6.35. The summed E-state index contributed by atoms with van der Waals surface area (Å²) in [5, 5.41) is 12.6. The fourth-order valence-electron chi connectivity index (χ4n) is 3.47. The number of carbonyl (C=O) groups excluding carboxylic acids is 1. The molecule has 0 aromatic heterocycles. The molecule has 0 saturated heterocycles. The zero-order valence-corrected chi connectivity index (χ0v) is 17.4. The first-order chi connectivity index (χ1) is 15.7. The Morgan fingerprint density at radius 1 is 1.06 bits per heavy atom. The summed E-state index contributed by atoms with van der Waals surface area (Å²) in [6.45, 7) is 3.37. The van der Waals surface area contributed by atoms with E-state index in [1.54, 1.807) is 0 Å². The molecule has 0 radical (unpaired) electrons. The van der Waals surface area contributed by atoms with Crippen molar-refractivity contribution in [2.24, 2.45) is 4.99 Å². The van der Waals surface area contributed by atoms with Crippen molar-refractivity contribution in [3.63, 3.8) is 0 Å². The Kier molecular flexibility index (Phi) is 6.46. The second kappa shape index (κ2) is 9.78. The number of amides is 1. The van der Waals surface area contributed by atoms with Crippen molar-refractivity contribution in [3.05, 3.63) is 84.9 Å². The Morgan fingerprint density at radius 2 is 1.84 bits per heavy atom. The summed E-state index contributed by atoms with van der Waals surface area (Å²) in [6, 6.07) is 21.3. The van der Waals surface area contributed by atoms with Gasteiger partial charge in [0.15, 0.2) is 6.29 Å². The Morgan fingerprint density at radius 3 is 2.62 bits per heavy atom. The maximum absolute atomic E-state index is 12.3. The zero-order valence-electron chi connectivity index (χ0n) is 17.4.